The minimum atomic E-state index is -0.562. The number of esters is 1. The number of carbonyl (C=O) groups excluding carboxylic acids is 4. The Morgan fingerprint density at radius 1 is 0.679 bits per heavy atom. The number of hydrogen-bond acceptors (Lipinski definition) is 10. The second-order valence-corrected chi connectivity index (χ2v) is 13.1. The van der Waals surface area contributed by atoms with Crippen LogP contribution < -0.4 is 5.32 Å². The molecule has 2 saturated heterocycles. The molecule has 5 aromatic rings. The smallest absolute Gasteiger partial charge is 0.407 e. The van der Waals surface area contributed by atoms with Crippen molar-refractivity contribution >= 4 is 46.1 Å². The van der Waals surface area contributed by atoms with E-state index in [1.165, 1.54) is 27.1 Å². The molecule has 0 spiro atoms. The van der Waals surface area contributed by atoms with Gasteiger partial charge in [-0.2, -0.15) is 0 Å². The molecule has 15 heteroatoms. The van der Waals surface area contributed by atoms with Crippen molar-refractivity contribution in [2.24, 2.45) is 0 Å². The zero-order valence-corrected chi connectivity index (χ0v) is 33.6. The summed E-state index contributed by atoms with van der Waals surface area (Å²) in [5.41, 5.74) is 6.75. The van der Waals surface area contributed by atoms with Gasteiger partial charge in [-0.1, -0.05) is 70.9 Å². The van der Waals surface area contributed by atoms with Crippen molar-refractivity contribution < 1.29 is 28.7 Å². The first-order valence-corrected chi connectivity index (χ1v) is 19.3. The number of imidazole rings is 2. The first-order valence-electron chi connectivity index (χ1n) is 19.3. The number of rotatable bonds is 7. The largest absolute Gasteiger partial charge is 0.469 e. The highest BCUT2D eigenvalue weighted by Gasteiger charge is 2.19. The van der Waals surface area contributed by atoms with Crippen LogP contribution in [-0.2, 0) is 23.9 Å². The molecule has 2 aliphatic heterocycles. The Morgan fingerprint density at radius 2 is 1.23 bits per heavy atom. The van der Waals surface area contributed by atoms with Crippen LogP contribution in [-0.4, -0.2) is 111 Å². The van der Waals surface area contributed by atoms with Gasteiger partial charge in [-0.05, 0) is 48.9 Å². The van der Waals surface area contributed by atoms with Gasteiger partial charge in [-0.15, -0.1) is 0 Å². The fraction of sp³-hybridized carbons (Fsp3) is 0.463. The van der Waals surface area contributed by atoms with Crippen LogP contribution in [0, 0.1) is 0 Å². The van der Waals surface area contributed by atoms with Gasteiger partial charge in [0.25, 0.3) is 0 Å². The van der Waals surface area contributed by atoms with Crippen molar-refractivity contribution in [3.8, 4) is 22.5 Å². The summed E-state index contributed by atoms with van der Waals surface area (Å²) in [5, 5.41) is 2.36. The molecule has 2 aliphatic rings. The Bertz CT molecular complexity index is 1790. The van der Waals surface area contributed by atoms with Gasteiger partial charge in [0.1, 0.15) is 12.1 Å². The number of ether oxygens (including phenoxy) is 2. The van der Waals surface area contributed by atoms with E-state index in [2.05, 4.69) is 96.7 Å². The van der Waals surface area contributed by atoms with Crippen LogP contribution in [0.1, 0.15) is 79.1 Å². The molecule has 0 unspecified atom stereocenters. The first-order chi connectivity index (χ1) is 27.2. The first kappa shape index (κ1) is 44.5. The number of aromatic nitrogens is 6. The number of fused-ring (bicyclic) bond motifs is 2. The number of carbonyl (C=O) groups is 4. The predicted octanol–water partition coefficient (Wildman–Crippen LogP) is 6.92. The lowest BCUT2D eigenvalue weighted by Crippen LogP contribution is -2.38. The minimum Gasteiger partial charge on any atom is -0.469 e. The fourth-order valence-corrected chi connectivity index (χ4v) is 5.54. The summed E-state index contributed by atoms with van der Waals surface area (Å²) in [5.74, 6) is 0.392. The minimum absolute atomic E-state index is 0.0344. The Hall–Kier alpha value is -5.86. The van der Waals surface area contributed by atoms with Crippen molar-refractivity contribution in [2.45, 2.75) is 79.1 Å². The molecule has 3 aromatic heterocycles. The maximum atomic E-state index is 11.4. The van der Waals surface area contributed by atoms with Gasteiger partial charge in [0.05, 0.1) is 50.5 Å². The number of methoxy groups -OCH3 is 2. The normalized spacial score (nSPS) is 12.8. The zero-order chi connectivity index (χ0) is 40.7. The molecule has 302 valence electrons. The van der Waals surface area contributed by atoms with Gasteiger partial charge in [0.2, 0.25) is 11.8 Å². The Morgan fingerprint density at radius 3 is 1.84 bits per heavy atom. The summed E-state index contributed by atoms with van der Waals surface area (Å²) in [6, 6.07) is 14.4. The van der Waals surface area contributed by atoms with Gasteiger partial charge in [-0.25, -0.2) is 24.7 Å². The lowest BCUT2D eigenvalue weighted by molar-refractivity contribution is -0.143. The SMILES string of the molecule is CCC.CCC.COC(=O)CCC(=O)N1CCCC1.COC(=O)NCC(=O)N1CCCC1.c1nc2ccc(-c3ccc(-c4ncc5[nH]cnc5n4)cc3)cc2[nH]1. The quantitative estimate of drug-likeness (QED) is 0.147. The average molecular weight is 772 g/mol. The molecule has 3 N–H and O–H groups in total. The van der Waals surface area contributed by atoms with Gasteiger partial charge >= 0.3 is 12.1 Å². The number of alkyl carbamates (subject to hydrolysis) is 1. The standard InChI is InChI=1S/C18H12N6.C9H15NO3.C8H14N2O3.2C3H8/c1-3-12(17-19-8-16-18(24-17)23-10-22-16)4-2-11(1)13-5-6-14-15(7-13)21-9-20-14;1-13-9(12)5-4-8(11)10-6-2-3-7-10;1-13-8(12)9-6-7(11)10-4-2-3-5-10;2*1-3-2/h1-10H,(H,20,21)(H,19,22,23,24);2-7H2,1H3;2-6H2,1H3,(H,9,12);2*3H2,1-2H3. The van der Waals surface area contributed by atoms with E-state index in [1.807, 2.05) is 23.1 Å². The van der Waals surface area contributed by atoms with E-state index in [0.717, 1.165) is 85.1 Å². The van der Waals surface area contributed by atoms with Crippen LogP contribution in [0.4, 0.5) is 4.79 Å². The van der Waals surface area contributed by atoms with E-state index in [0.29, 0.717) is 11.5 Å². The van der Waals surface area contributed by atoms with E-state index in [9.17, 15) is 19.2 Å². The number of likely N-dealkylation sites (tertiary alicyclic amines) is 2. The second-order valence-electron chi connectivity index (χ2n) is 13.1. The van der Waals surface area contributed by atoms with E-state index in [1.54, 1.807) is 23.8 Å². The molecule has 0 radical (unpaired) electrons. The van der Waals surface area contributed by atoms with Gasteiger partial charge < -0.3 is 34.6 Å². The summed E-state index contributed by atoms with van der Waals surface area (Å²) >= 11 is 0. The Kier molecular flexibility index (Phi) is 19.5. The van der Waals surface area contributed by atoms with Gasteiger partial charge in [-0.3, -0.25) is 14.4 Å². The van der Waals surface area contributed by atoms with Crippen molar-refractivity contribution in [1.82, 2.24) is 45.0 Å². The third-order valence-electron chi connectivity index (χ3n) is 8.33. The summed E-state index contributed by atoms with van der Waals surface area (Å²) in [7, 11) is 2.61. The van der Waals surface area contributed by atoms with Crippen LogP contribution in [0.5, 0.6) is 0 Å². The van der Waals surface area contributed by atoms with E-state index < -0.39 is 6.09 Å². The maximum absolute atomic E-state index is 11.4. The molecule has 2 fully saturated rings. The number of benzene rings is 2. The Labute approximate surface area is 329 Å². The molecule has 2 aromatic carbocycles. The third-order valence-corrected chi connectivity index (χ3v) is 8.33. The molecular weight excluding hydrogens is 715 g/mol. The van der Waals surface area contributed by atoms with E-state index in [4.69, 9.17) is 0 Å². The van der Waals surface area contributed by atoms with Crippen LogP contribution in [0.2, 0.25) is 0 Å². The van der Waals surface area contributed by atoms with Gasteiger partial charge in [0.15, 0.2) is 11.5 Å². The van der Waals surface area contributed by atoms with Gasteiger partial charge in [0, 0.05) is 38.2 Å². The molecule has 0 saturated carbocycles. The molecule has 5 heterocycles. The maximum Gasteiger partial charge on any atom is 0.407 e. The molecule has 0 bridgehead atoms. The molecule has 3 amide bonds. The fourth-order valence-electron chi connectivity index (χ4n) is 5.54. The van der Waals surface area contributed by atoms with Crippen LogP contribution in [0.15, 0.2) is 61.3 Å². The summed E-state index contributed by atoms with van der Waals surface area (Å²) in [6.07, 6.45) is 11.8. The van der Waals surface area contributed by atoms with Crippen LogP contribution in [0.3, 0.4) is 0 Å². The monoisotopic (exact) mass is 771 g/mol. The van der Waals surface area contributed by atoms with Crippen LogP contribution >= 0.6 is 0 Å². The molecule has 56 heavy (non-hydrogen) atoms. The summed E-state index contributed by atoms with van der Waals surface area (Å²) in [6.45, 7) is 11.8. The number of nitrogens with one attached hydrogen (secondary N) is 3. The van der Waals surface area contributed by atoms with Crippen molar-refractivity contribution in [1.29, 1.82) is 0 Å². The van der Waals surface area contributed by atoms with Crippen molar-refractivity contribution in [3.63, 3.8) is 0 Å². The highest BCUT2D eigenvalue weighted by atomic mass is 16.5. The number of hydrogen-bond donors (Lipinski definition) is 3. The number of aromatic amines is 2. The molecule has 15 nitrogen and oxygen atoms in total. The summed E-state index contributed by atoms with van der Waals surface area (Å²) < 4.78 is 8.80. The van der Waals surface area contributed by atoms with E-state index in [-0.39, 0.29) is 37.2 Å². The number of amides is 3. The topological polar surface area (TPSA) is 188 Å². The molecule has 0 aliphatic carbocycles. The Balaban J connectivity index is 0.000000225. The molecular formula is C41H57N9O6. The zero-order valence-electron chi connectivity index (χ0n) is 33.6. The van der Waals surface area contributed by atoms with E-state index >= 15 is 0 Å². The lowest BCUT2D eigenvalue weighted by atomic mass is 10.0. The third kappa shape index (κ3) is 14.4. The second kappa shape index (κ2) is 24.5. The number of H-pyrrole nitrogens is 2. The van der Waals surface area contributed by atoms with Crippen LogP contribution in [0.25, 0.3) is 44.7 Å². The summed E-state index contributed by atoms with van der Waals surface area (Å²) in [4.78, 5) is 71.1. The molecule has 7 rings (SSSR count). The van der Waals surface area contributed by atoms with Crippen molar-refractivity contribution in [2.75, 3.05) is 46.9 Å². The highest BCUT2D eigenvalue weighted by molar-refractivity contribution is 5.83. The highest BCUT2D eigenvalue weighted by Crippen LogP contribution is 2.25. The van der Waals surface area contributed by atoms with Crippen molar-refractivity contribution in [3.05, 3.63) is 61.3 Å². The lowest BCUT2D eigenvalue weighted by Gasteiger charge is -2.14. The number of nitrogens with zero attached hydrogens (tertiary/aromatic N) is 6. The predicted molar refractivity (Wildman–Crippen MR) is 217 cm³/mol. The average Bonchev–Trinajstić information content (AvgIpc) is 4.07. The molecule has 0 atom stereocenters.